The van der Waals surface area contributed by atoms with Gasteiger partial charge in [0, 0.05) is 17.6 Å². The molecule has 0 spiro atoms. The molecule has 2 rings (SSSR count). The number of nitrogens with two attached hydrogens (primary N) is 1. The van der Waals surface area contributed by atoms with E-state index in [9.17, 15) is 0 Å². The first-order valence-electron chi connectivity index (χ1n) is 4.97. The fourth-order valence-electron chi connectivity index (χ4n) is 1.62. The third-order valence-electron chi connectivity index (χ3n) is 2.39. The molecule has 1 heterocycles. The average Bonchev–Trinajstić information content (AvgIpc) is 2.66. The first-order valence-corrected chi connectivity index (χ1v) is 5.82. The maximum Gasteiger partial charge on any atom is 0.187 e. The summed E-state index contributed by atoms with van der Waals surface area (Å²) in [7, 11) is 1.76. The molecule has 0 saturated heterocycles. The summed E-state index contributed by atoms with van der Waals surface area (Å²) in [6, 6.07) is 7.35. The lowest BCUT2D eigenvalue weighted by atomic mass is 10.2. The Labute approximate surface area is 110 Å². The van der Waals surface area contributed by atoms with Crippen molar-refractivity contribution in [3.05, 3.63) is 34.9 Å². The zero-order valence-corrected chi connectivity index (χ0v) is 10.7. The largest absolute Gasteiger partial charge is 0.295 e. The topological polar surface area (TPSA) is 56.9 Å². The SMILES string of the molecule is CNN1C(N)N=C(c2ccc(Cl)cc2)N1C=S. The summed E-state index contributed by atoms with van der Waals surface area (Å²) in [5.41, 5.74) is 11.2. The zero-order chi connectivity index (χ0) is 12.4. The van der Waals surface area contributed by atoms with Crippen molar-refractivity contribution < 1.29 is 0 Å². The highest BCUT2D eigenvalue weighted by Gasteiger charge is 2.30. The summed E-state index contributed by atoms with van der Waals surface area (Å²) in [6.45, 7) is 0. The first-order chi connectivity index (χ1) is 8.17. The van der Waals surface area contributed by atoms with E-state index < -0.39 is 6.29 Å². The number of hydrogen-bond donors (Lipinski definition) is 2. The smallest absolute Gasteiger partial charge is 0.187 e. The number of halogens is 1. The highest BCUT2D eigenvalue weighted by molar-refractivity contribution is 7.78. The van der Waals surface area contributed by atoms with Crippen molar-refractivity contribution >= 4 is 35.1 Å². The van der Waals surface area contributed by atoms with E-state index in [4.69, 9.17) is 29.6 Å². The number of nitrogens with one attached hydrogen (secondary N) is 1. The lowest BCUT2D eigenvalue weighted by molar-refractivity contribution is 0.0406. The van der Waals surface area contributed by atoms with E-state index in [-0.39, 0.29) is 0 Å². The Morgan fingerprint density at radius 3 is 2.65 bits per heavy atom. The molecular weight excluding hydrogens is 258 g/mol. The quantitative estimate of drug-likeness (QED) is 0.801. The molecule has 1 aromatic rings. The fraction of sp³-hybridized carbons (Fsp3) is 0.200. The van der Waals surface area contributed by atoms with Gasteiger partial charge in [0.05, 0.1) is 5.49 Å². The summed E-state index contributed by atoms with van der Waals surface area (Å²) >= 11 is 10.8. The molecule has 1 aliphatic rings. The molecule has 1 unspecified atom stereocenters. The van der Waals surface area contributed by atoms with E-state index >= 15 is 0 Å². The molecule has 90 valence electrons. The van der Waals surface area contributed by atoms with Crippen LogP contribution in [-0.4, -0.2) is 34.8 Å². The monoisotopic (exact) mass is 269 g/mol. The van der Waals surface area contributed by atoms with Gasteiger partial charge in [0.25, 0.3) is 0 Å². The Balaban J connectivity index is 2.35. The van der Waals surface area contributed by atoms with Gasteiger partial charge in [-0.1, -0.05) is 23.8 Å². The summed E-state index contributed by atoms with van der Waals surface area (Å²) in [5, 5.41) is 4.00. The van der Waals surface area contributed by atoms with Gasteiger partial charge in [0.2, 0.25) is 0 Å². The van der Waals surface area contributed by atoms with Gasteiger partial charge in [0.1, 0.15) is 0 Å². The second-order valence-electron chi connectivity index (χ2n) is 3.39. The molecule has 0 fully saturated rings. The molecule has 1 aliphatic heterocycles. The van der Waals surface area contributed by atoms with Crippen molar-refractivity contribution in [2.75, 3.05) is 7.05 Å². The second-order valence-corrected chi connectivity index (χ2v) is 4.04. The minimum absolute atomic E-state index is 0.495. The average molecular weight is 270 g/mol. The Kier molecular flexibility index (Phi) is 3.70. The summed E-state index contributed by atoms with van der Waals surface area (Å²) < 4.78 is 0. The van der Waals surface area contributed by atoms with E-state index in [1.807, 2.05) is 12.1 Å². The van der Waals surface area contributed by atoms with Crippen LogP contribution in [0.5, 0.6) is 0 Å². The van der Waals surface area contributed by atoms with Gasteiger partial charge in [0.15, 0.2) is 12.1 Å². The lowest BCUT2D eigenvalue weighted by Crippen LogP contribution is -2.53. The maximum absolute atomic E-state index is 5.86. The van der Waals surface area contributed by atoms with Gasteiger partial charge in [-0.05, 0) is 24.3 Å². The number of rotatable bonds is 3. The van der Waals surface area contributed by atoms with Crippen LogP contribution in [0.4, 0.5) is 0 Å². The predicted molar refractivity (Wildman–Crippen MR) is 72.4 cm³/mol. The van der Waals surface area contributed by atoms with E-state index in [2.05, 4.69) is 10.4 Å². The van der Waals surface area contributed by atoms with E-state index in [1.54, 1.807) is 29.3 Å². The summed E-state index contributed by atoms with van der Waals surface area (Å²) in [6.07, 6.45) is -0.495. The third-order valence-corrected chi connectivity index (χ3v) is 2.84. The molecule has 17 heavy (non-hydrogen) atoms. The number of amidine groups is 1. The van der Waals surface area contributed by atoms with Crippen LogP contribution in [0.3, 0.4) is 0 Å². The van der Waals surface area contributed by atoms with Gasteiger partial charge < -0.3 is 0 Å². The van der Waals surface area contributed by atoms with Crippen LogP contribution in [0.1, 0.15) is 5.56 Å². The van der Waals surface area contributed by atoms with Crippen molar-refractivity contribution in [1.29, 1.82) is 0 Å². The maximum atomic E-state index is 5.86. The molecule has 0 radical (unpaired) electrons. The molecule has 0 aliphatic carbocycles. The zero-order valence-electron chi connectivity index (χ0n) is 9.17. The Bertz CT molecular complexity index is 447. The second kappa shape index (κ2) is 5.07. The van der Waals surface area contributed by atoms with Crippen molar-refractivity contribution in [3.8, 4) is 0 Å². The van der Waals surface area contributed by atoms with Gasteiger partial charge >= 0.3 is 0 Å². The van der Waals surface area contributed by atoms with Crippen LogP contribution >= 0.6 is 23.8 Å². The normalized spacial score (nSPS) is 20.5. The highest BCUT2D eigenvalue weighted by Crippen LogP contribution is 2.17. The summed E-state index contributed by atoms with van der Waals surface area (Å²) in [4.78, 5) is 4.34. The molecular formula is C10H12ClN5S. The van der Waals surface area contributed by atoms with Crippen molar-refractivity contribution in [2.24, 2.45) is 10.7 Å². The minimum atomic E-state index is -0.495. The number of benzene rings is 1. The predicted octanol–water partition coefficient (Wildman–Crippen LogP) is 0.953. The molecule has 0 amide bonds. The van der Waals surface area contributed by atoms with Crippen molar-refractivity contribution in [1.82, 2.24) is 15.6 Å². The molecule has 3 N–H and O–H groups in total. The number of hydrazine groups is 2. The van der Waals surface area contributed by atoms with Gasteiger partial charge in [-0.25, -0.2) is 15.4 Å². The van der Waals surface area contributed by atoms with Gasteiger partial charge in [-0.3, -0.25) is 5.73 Å². The standard InChI is InChI=1S/C10H12ClN5S/c1-13-16-10(12)14-9(15(16)6-17)7-2-4-8(11)5-3-7/h2-6,10,13H,12H2,1H3. The molecule has 0 bridgehead atoms. The van der Waals surface area contributed by atoms with Crippen LogP contribution in [-0.2, 0) is 0 Å². The van der Waals surface area contributed by atoms with E-state index in [1.165, 1.54) is 5.49 Å². The molecule has 0 aromatic heterocycles. The van der Waals surface area contributed by atoms with Crippen molar-refractivity contribution in [3.63, 3.8) is 0 Å². The minimum Gasteiger partial charge on any atom is -0.295 e. The molecule has 1 atom stereocenters. The van der Waals surface area contributed by atoms with Gasteiger partial charge in [-0.15, -0.1) is 5.12 Å². The van der Waals surface area contributed by atoms with Crippen LogP contribution in [0.15, 0.2) is 29.3 Å². The number of aliphatic imine (C=N–C) groups is 1. The molecule has 1 aromatic carbocycles. The van der Waals surface area contributed by atoms with Crippen molar-refractivity contribution in [2.45, 2.75) is 6.29 Å². The molecule has 0 saturated carbocycles. The Morgan fingerprint density at radius 1 is 1.47 bits per heavy atom. The van der Waals surface area contributed by atoms with Crippen LogP contribution in [0, 0.1) is 0 Å². The van der Waals surface area contributed by atoms with Crippen LogP contribution in [0.25, 0.3) is 0 Å². The Morgan fingerprint density at radius 2 is 2.12 bits per heavy atom. The van der Waals surface area contributed by atoms with E-state index in [0.29, 0.717) is 10.9 Å². The molecule has 5 nitrogen and oxygen atoms in total. The number of nitrogens with zero attached hydrogens (tertiary/aromatic N) is 3. The Hall–Kier alpha value is -1.05. The third kappa shape index (κ3) is 2.31. The van der Waals surface area contributed by atoms with E-state index in [0.717, 1.165) is 5.56 Å². The fourth-order valence-corrected chi connectivity index (χ4v) is 1.94. The lowest BCUT2D eigenvalue weighted by Gasteiger charge is -2.27. The number of hydrogen-bond acceptors (Lipinski definition) is 5. The summed E-state index contributed by atoms with van der Waals surface area (Å²) in [5.74, 6) is 0.693. The van der Waals surface area contributed by atoms with Crippen LogP contribution in [0.2, 0.25) is 5.02 Å². The highest BCUT2D eigenvalue weighted by atomic mass is 35.5. The molecule has 7 heteroatoms. The first kappa shape index (κ1) is 12.4. The van der Waals surface area contributed by atoms with Gasteiger partial charge in [-0.2, -0.15) is 0 Å². The van der Waals surface area contributed by atoms with Crippen LogP contribution < -0.4 is 11.2 Å². The number of thiocarbonyl (C=S) groups is 1.